The SMILES string of the molecule is CN(Cc1cn2c(N3CCN(Cc4cccc(C#N)c4)CC3)nccc2n1)[C@H]1CCCc2cccnc21. The van der Waals surface area contributed by atoms with Crippen molar-refractivity contribution in [2.75, 3.05) is 38.1 Å². The van der Waals surface area contributed by atoms with Crippen molar-refractivity contribution in [2.24, 2.45) is 0 Å². The van der Waals surface area contributed by atoms with Crippen LogP contribution >= 0.6 is 0 Å². The van der Waals surface area contributed by atoms with Crippen molar-refractivity contribution < 1.29 is 0 Å². The molecule has 4 heterocycles. The summed E-state index contributed by atoms with van der Waals surface area (Å²) in [6.07, 6.45) is 9.38. The maximum absolute atomic E-state index is 9.18. The summed E-state index contributed by atoms with van der Waals surface area (Å²) in [6, 6.07) is 16.7. The fourth-order valence-electron chi connectivity index (χ4n) is 5.75. The fourth-order valence-corrected chi connectivity index (χ4v) is 5.75. The third-order valence-corrected chi connectivity index (χ3v) is 7.64. The number of anilines is 1. The Hall–Kier alpha value is -3.80. The molecule has 37 heavy (non-hydrogen) atoms. The largest absolute Gasteiger partial charge is 0.339 e. The molecule has 8 heteroatoms. The van der Waals surface area contributed by atoms with Gasteiger partial charge in [-0.1, -0.05) is 18.2 Å². The molecule has 0 bridgehead atoms. The van der Waals surface area contributed by atoms with Crippen LogP contribution in [0.5, 0.6) is 0 Å². The van der Waals surface area contributed by atoms with Crippen LogP contribution in [0.1, 0.15) is 47.0 Å². The Morgan fingerprint density at radius 3 is 2.81 bits per heavy atom. The van der Waals surface area contributed by atoms with Crippen LogP contribution in [0, 0.1) is 11.3 Å². The van der Waals surface area contributed by atoms with Crippen LogP contribution in [0.3, 0.4) is 0 Å². The number of nitriles is 1. The second kappa shape index (κ2) is 10.3. The molecule has 188 valence electrons. The zero-order chi connectivity index (χ0) is 25.2. The van der Waals surface area contributed by atoms with Gasteiger partial charge < -0.3 is 4.90 Å². The highest BCUT2D eigenvalue weighted by molar-refractivity contribution is 5.48. The summed E-state index contributed by atoms with van der Waals surface area (Å²) in [5.41, 5.74) is 6.50. The number of benzene rings is 1. The molecule has 1 atom stereocenters. The van der Waals surface area contributed by atoms with E-state index in [4.69, 9.17) is 15.0 Å². The number of aromatic nitrogens is 4. The lowest BCUT2D eigenvalue weighted by Crippen LogP contribution is -2.46. The van der Waals surface area contributed by atoms with Crippen molar-refractivity contribution in [1.29, 1.82) is 5.26 Å². The third kappa shape index (κ3) is 4.93. The van der Waals surface area contributed by atoms with Crippen LogP contribution in [-0.2, 0) is 19.5 Å². The Bertz CT molecular complexity index is 1430. The van der Waals surface area contributed by atoms with Gasteiger partial charge in [-0.25, -0.2) is 9.97 Å². The Balaban J connectivity index is 1.14. The number of aryl methyl sites for hydroxylation is 1. The van der Waals surface area contributed by atoms with E-state index >= 15 is 0 Å². The lowest BCUT2D eigenvalue weighted by atomic mass is 9.91. The summed E-state index contributed by atoms with van der Waals surface area (Å²) >= 11 is 0. The van der Waals surface area contributed by atoms with E-state index in [9.17, 15) is 5.26 Å². The molecule has 1 fully saturated rings. The first-order valence-corrected chi connectivity index (χ1v) is 13.1. The normalized spacial score (nSPS) is 18.2. The van der Waals surface area contributed by atoms with E-state index < -0.39 is 0 Å². The van der Waals surface area contributed by atoms with E-state index in [0.29, 0.717) is 6.04 Å². The first-order chi connectivity index (χ1) is 18.2. The van der Waals surface area contributed by atoms with Crippen molar-refractivity contribution in [3.8, 4) is 6.07 Å². The van der Waals surface area contributed by atoms with Gasteiger partial charge in [0.05, 0.1) is 29.1 Å². The zero-order valence-electron chi connectivity index (χ0n) is 21.3. The van der Waals surface area contributed by atoms with E-state index in [2.05, 4.69) is 50.5 Å². The smallest absolute Gasteiger partial charge is 0.211 e. The van der Waals surface area contributed by atoms with Crippen LogP contribution in [0.15, 0.2) is 61.1 Å². The van der Waals surface area contributed by atoms with E-state index in [1.54, 1.807) is 0 Å². The molecule has 0 unspecified atom stereocenters. The van der Waals surface area contributed by atoms with Crippen molar-refractivity contribution in [3.05, 3.63) is 89.1 Å². The molecule has 2 aliphatic rings. The topological polar surface area (TPSA) is 76.6 Å². The maximum Gasteiger partial charge on any atom is 0.211 e. The number of pyridine rings is 1. The van der Waals surface area contributed by atoms with Gasteiger partial charge in [0.25, 0.3) is 0 Å². The predicted molar refractivity (Wildman–Crippen MR) is 143 cm³/mol. The first kappa shape index (κ1) is 23.6. The predicted octanol–water partition coefficient (Wildman–Crippen LogP) is 3.83. The first-order valence-electron chi connectivity index (χ1n) is 13.1. The Labute approximate surface area is 217 Å². The third-order valence-electron chi connectivity index (χ3n) is 7.64. The van der Waals surface area contributed by atoms with Crippen molar-refractivity contribution in [2.45, 2.75) is 38.4 Å². The number of rotatable bonds is 6. The van der Waals surface area contributed by atoms with Gasteiger partial charge in [0.2, 0.25) is 5.95 Å². The highest BCUT2D eigenvalue weighted by atomic mass is 15.3. The summed E-state index contributed by atoms with van der Waals surface area (Å²) < 4.78 is 2.14. The molecule has 0 saturated carbocycles. The molecular weight excluding hydrogens is 460 g/mol. The number of hydrogen-bond acceptors (Lipinski definition) is 7. The van der Waals surface area contributed by atoms with Crippen LogP contribution in [0.25, 0.3) is 5.65 Å². The molecular formula is C29H32N8. The van der Waals surface area contributed by atoms with Crippen molar-refractivity contribution >= 4 is 11.6 Å². The molecule has 0 amide bonds. The molecule has 0 spiro atoms. The van der Waals surface area contributed by atoms with E-state index in [-0.39, 0.29) is 0 Å². The van der Waals surface area contributed by atoms with Crippen LogP contribution in [-0.4, -0.2) is 62.4 Å². The molecule has 1 aliphatic carbocycles. The van der Waals surface area contributed by atoms with Crippen LogP contribution in [0.4, 0.5) is 5.95 Å². The molecule has 8 nitrogen and oxygen atoms in total. The highest BCUT2D eigenvalue weighted by Gasteiger charge is 2.26. The Morgan fingerprint density at radius 2 is 1.95 bits per heavy atom. The number of hydrogen-bond donors (Lipinski definition) is 0. The average molecular weight is 493 g/mol. The number of imidazole rings is 1. The molecule has 0 radical (unpaired) electrons. The van der Waals surface area contributed by atoms with Gasteiger partial charge in [0.15, 0.2) is 0 Å². The summed E-state index contributed by atoms with van der Waals surface area (Å²) in [7, 11) is 2.18. The van der Waals surface area contributed by atoms with Crippen molar-refractivity contribution in [1.82, 2.24) is 29.2 Å². The second-order valence-electron chi connectivity index (χ2n) is 10.2. The van der Waals surface area contributed by atoms with Gasteiger partial charge in [-0.2, -0.15) is 5.26 Å². The minimum Gasteiger partial charge on any atom is -0.339 e. The summed E-state index contributed by atoms with van der Waals surface area (Å²) in [6.45, 7) is 5.35. The van der Waals surface area contributed by atoms with Gasteiger partial charge in [-0.15, -0.1) is 0 Å². The van der Waals surface area contributed by atoms with Crippen LogP contribution in [0.2, 0.25) is 0 Å². The molecule has 1 aromatic carbocycles. The highest BCUT2D eigenvalue weighted by Crippen LogP contribution is 2.32. The molecule has 1 saturated heterocycles. The minimum absolute atomic E-state index is 0.328. The zero-order valence-corrected chi connectivity index (χ0v) is 21.3. The number of piperazine rings is 1. The van der Waals surface area contributed by atoms with Gasteiger partial charge in [0.1, 0.15) is 5.65 Å². The van der Waals surface area contributed by atoms with Gasteiger partial charge >= 0.3 is 0 Å². The lowest BCUT2D eigenvalue weighted by molar-refractivity contribution is 0.206. The van der Waals surface area contributed by atoms with Crippen molar-refractivity contribution in [3.63, 3.8) is 0 Å². The molecule has 4 aromatic rings. The van der Waals surface area contributed by atoms with E-state index in [1.165, 1.54) is 23.2 Å². The van der Waals surface area contributed by atoms with Gasteiger partial charge in [0, 0.05) is 57.9 Å². The minimum atomic E-state index is 0.328. The lowest BCUT2D eigenvalue weighted by Gasteiger charge is -2.35. The van der Waals surface area contributed by atoms with E-state index in [0.717, 1.165) is 75.0 Å². The number of nitrogens with zero attached hydrogens (tertiary/aromatic N) is 8. The Morgan fingerprint density at radius 1 is 1.05 bits per heavy atom. The van der Waals surface area contributed by atoms with Crippen LogP contribution < -0.4 is 4.90 Å². The summed E-state index contributed by atoms with van der Waals surface area (Å²) in [5.74, 6) is 0.953. The fraction of sp³-hybridized carbons (Fsp3) is 0.379. The molecule has 6 rings (SSSR count). The van der Waals surface area contributed by atoms with E-state index in [1.807, 2.05) is 42.7 Å². The monoisotopic (exact) mass is 492 g/mol. The molecule has 3 aromatic heterocycles. The summed E-state index contributed by atoms with van der Waals surface area (Å²) in [4.78, 5) is 21.6. The number of fused-ring (bicyclic) bond motifs is 2. The quantitative estimate of drug-likeness (QED) is 0.405. The van der Waals surface area contributed by atoms with Gasteiger partial charge in [-0.05, 0) is 61.7 Å². The molecule has 0 N–H and O–H groups in total. The maximum atomic E-state index is 9.18. The standard InChI is InChI=1S/C29H32N8/c1-34(26-9-3-7-24-8-4-11-31-28(24)26)20-25-21-37-27(33-25)10-12-32-29(37)36-15-13-35(14-16-36)19-23-6-2-5-22(17-23)18-30/h2,4-6,8,10-12,17,21,26H,3,7,9,13-16,19-20H2,1H3/t26-/m0/s1. The summed E-state index contributed by atoms with van der Waals surface area (Å²) in [5, 5.41) is 9.18. The Kier molecular flexibility index (Phi) is 6.56. The second-order valence-corrected chi connectivity index (χ2v) is 10.2. The van der Waals surface area contributed by atoms with Gasteiger partial charge in [-0.3, -0.25) is 19.2 Å². The average Bonchev–Trinajstić information content (AvgIpc) is 3.36. The molecule has 1 aliphatic heterocycles.